The molecule has 1 N–H and O–H groups in total. The maximum absolute atomic E-state index is 12.4. The van der Waals surface area contributed by atoms with Crippen molar-refractivity contribution >= 4 is 17.5 Å². The van der Waals surface area contributed by atoms with E-state index in [1.807, 2.05) is 43.3 Å². The molecule has 0 saturated carbocycles. The lowest BCUT2D eigenvalue weighted by molar-refractivity contribution is 0.0939. The average molecular weight is 341 g/mol. The number of carbonyl (C=O) groups is 1. The van der Waals surface area contributed by atoms with Gasteiger partial charge in [-0.25, -0.2) is 0 Å². The van der Waals surface area contributed by atoms with Crippen molar-refractivity contribution in [3.05, 3.63) is 82.9 Å². The number of benzene rings is 1. The molecule has 1 atom stereocenters. The molecule has 0 aliphatic carbocycles. The molecule has 0 spiro atoms. The van der Waals surface area contributed by atoms with Gasteiger partial charge in [0.2, 0.25) is 0 Å². The van der Waals surface area contributed by atoms with Crippen molar-refractivity contribution in [1.82, 2.24) is 20.1 Å². The van der Waals surface area contributed by atoms with Gasteiger partial charge in [-0.15, -0.1) is 0 Å². The highest BCUT2D eigenvalue weighted by Gasteiger charge is 2.13. The van der Waals surface area contributed by atoms with Gasteiger partial charge in [-0.2, -0.15) is 5.10 Å². The predicted octanol–water partition coefficient (Wildman–Crippen LogP) is 3.47. The lowest BCUT2D eigenvalue weighted by atomic mass is 10.1. The van der Waals surface area contributed by atoms with Crippen molar-refractivity contribution in [3.8, 4) is 0 Å². The van der Waals surface area contributed by atoms with E-state index in [2.05, 4.69) is 15.4 Å². The van der Waals surface area contributed by atoms with E-state index in [-0.39, 0.29) is 11.9 Å². The van der Waals surface area contributed by atoms with Crippen molar-refractivity contribution in [2.24, 2.45) is 0 Å². The first-order valence-electron chi connectivity index (χ1n) is 7.60. The molecular weight excluding hydrogens is 324 g/mol. The van der Waals surface area contributed by atoms with Gasteiger partial charge in [-0.05, 0) is 30.2 Å². The van der Waals surface area contributed by atoms with Crippen LogP contribution in [0, 0.1) is 0 Å². The maximum Gasteiger partial charge on any atom is 0.254 e. The number of hydrogen-bond acceptors (Lipinski definition) is 3. The number of rotatable bonds is 5. The minimum Gasteiger partial charge on any atom is -0.345 e. The molecule has 24 heavy (non-hydrogen) atoms. The second-order valence-electron chi connectivity index (χ2n) is 5.50. The van der Waals surface area contributed by atoms with Gasteiger partial charge in [0.05, 0.1) is 24.3 Å². The summed E-state index contributed by atoms with van der Waals surface area (Å²) in [6.45, 7) is 2.44. The van der Waals surface area contributed by atoms with Gasteiger partial charge in [0.25, 0.3) is 5.91 Å². The van der Waals surface area contributed by atoms with Crippen LogP contribution in [0.3, 0.4) is 0 Å². The van der Waals surface area contributed by atoms with Crippen LogP contribution in [0.5, 0.6) is 0 Å². The summed E-state index contributed by atoms with van der Waals surface area (Å²) in [7, 11) is 0. The number of halogens is 1. The Morgan fingerprint density at radius 3 is 2.83 bits per heavy atom. The van der Waals surface area contributed by atoms with Crippen molar-refractivity contribution in [2.75, 3.05) is 0 Å². The van der Waals surface area contributed by atoms with Gasteiger partial charge in [-0.1, -0.05) is 35.9 Å². The Morgan fingerprint density at radius 2 is 2.08 bits per heavy atom. The Balaban J connectivity index is 1.67. The van der Waals surface area contributed by atoms with Crippen LogP contribution in [0.2, 0.25) is 5.02 Å². The lowest BCUT2D eigenvalue weighted by Gasteiger charge is -2.12. The van der Waals surface area contributed by atoms with Crippen LogP contribution in [0.25, 0.3) is 0 Å². The summed E-state index contributed by atoms with van der Waals surface area (Å²) in [4.78, 5) is 16.4. The Morgan fingerprint density at radius 1 is 1.25 bits per heavy atom. The average Bonchev–Trinajstić information content (AvgIpc) is 3.06. The molecule has 5 nitrogen and oxygen atoms in total. The van der Waals surface area contributed by atoms with Gasteiger partial charge in [0, 0.05) is 23.6 Å². The molecule has 0 radical (unpaired) electrons. The fourth-order valence-corrected chi connectivity index (χ4v) is 2.56. The van der Waals surface area contributed by atoms with Gasteiger partial charge < -0.3 is 5.32 Å². The topological polar surface area (TPSA) is 59.8 Å². The molecular formula is C18H17ClN4O. The third kappa shape index (κ3) is 3.81. The molecule has 0 bridgehead atoms. The number of nitrogens with one attached hydrogen (secondary N) is 1. The Kier molecular flexibility index (Phi) is 4.91. The van der Waals surface area contributed by atoms with E-state index >= 15 is 0 Å². The highest BCUT2D eigenvalue weighted by atomic mass is 35.5. The maximum atomic E-state index is 12.4. The standard InChI is InChI=1S/C18H17ClN4O/c1-13(14-6-4-8-20-9-14)22-18(24)16-10-21-23(12-16)11-15-5-2-3-7-17(15)19/h2-10,12-13H,11H2,1H3,(H,22,24)/t13-/m1/s1. The summed E-state index contributed by atoms with van der Waals surface area (Å²) in [6, 6.07) is 11.2. The zero-order valence-electron chi connectivity index (χ0n) is 13.2. The summed E-state index contributed by atoms with van der Waals surface area (Å²) >= 11 is 6.15. The molecule has 3 aromatic rings. The largest absolute Gasteiger partial charge is 0.345 e. The Labute approximate surface area is 145 Å². The van der Waals surface area contributed by atoms with E-state index in [0.717, 1.165) is 11.1 Å². The lowest BCUT2D eigenvalue weighted by Crippen LogP contribution is -2.26. The van der Waals surface area contributed by atoms with Crippen LogP contribution in [-0.4, -0.2) is 20.7 Å². The fraction of sp³-hybridized carbons (Fsp3) is 0.167. The molecule has 3 rings (SSSR count). The summed E-state index contributed by atoms with van der Waals surface area (Å²) in [5, 5.41) is 7.87. The first-order valence-corrected chi connectivity index (χ1v) is 7.98. The molecule has 6 heteroatoms. The summed E-state index contributed by atoms with van der Waals surface area (Å²) in [5.74, 6) is -0.170. The molecule has 122 valence electrons. The van der Waals surface area contributed by atoms with Crippen LogP contribution in [0.4, 0.5) is 0 Å². The Bertz CT molecular complexity index is 832. The van der Waals surface area contributed by atoms with Crippen molar-refractivity contribution < 1.29 is 4.79 Å². The number of amides is 1. The van der Waals surface area contributed by atoms with E-state index in [0.29, 0.717) is 17.1 Å². The normalized spacial score (nSPS) is 11.9. The van der Waals surface area contributed by atoms with Crippen molar-refractivity contribution in [3.63, 3.8) is 0 Å². The number of aromatic nitrogens is 3. The van der Waals surface area contributed by atoms with Crippen molar-refractivity contribution in [2.45, 2.75) is 19.5 Å². The molecule has 1 aromatic carbocycles. The summed E-state index contributed by atoms with van der Waals surface area (Å²) in [5.41, 5.74) is 2.42. The van der Waals surface area contributed by atoms with Gasteiger partial charge >= 0.3 is 0 Å². The van der Waals surface area contributed by atoms with E-state index < -0.39 is 0 Å². The van der Waals surface area contributed by atoms with Gasteiger partial charge in [-0.3, -0.25) is 14.5 Å². The van der Waals surface area contributed by atoms with Crippen LogP contribution in [-0.2, 0) is 6.54 Å². The molecule has 0 unspecified atom stereocenters. The zero-order chi connectivity index (χ0) is 16.9. The smallest absolute Gasteiger partial charge is 0.254 e. The van der Waals surface area contributed by atoms with E-state index in [4.69, 9.17) is 11.6 Å². The molecule has 0 saturated heterocycles. The van der Waals surface area contributed by atoms with E-state index in [1.165, 1.54) is 0 Å². The molecule has 0 fully saturated rings. The minimum absolute atomic E-state index is 0.127. The quantitative estimate of drug-likeness (QED) is 0.773. The third-order valence-electron chi connectivity index (χ3n) is 3.72. The first kappa shape index (κ1) is 16.2. The fourth-order valence-electron chi connectivity index (χ4n) is 2.36. The monoisotopic (exact) mass is 340 g/mol. The first-order chi connectivity index (χ1) is 11.6. The van der Waals surface area contributed by atoms with Crippen LogP contribution >= 0.6 is 11.6 Å². The highest BCUT2D eigenvalue weighted by molar-refractivity contribution is 6.31. The third-order valence-corrected chi connectivity index (χ3v) is 4.09. The second-order valence-corrected chi connectivity index (χ2v) is 5.91. The molecule has 2 aromatic heterocycles. The van der Waals surface area contributed by atoms with Crippen LogP contribution < -0.4 is 5.32 Å². The van der Waals surface area contributed by atoms with E-state index in [1.54, 1.807) is 29.5 Å². The van der Waals surface area contributed by atoms with E-state index in [9.17, 15) is 4.79 Å². The van der Waals surface area contributed by atoms with Crippen LogP contribution in [0.15, 0.2) is 61.2 Å². The Hall–Kier alpha value is -2.66. The number of hydrogen-bond donors (Lipinski definition) is 1. The zero-order valence-corrected chi connectivity index (χ0v) is 13.9. The van der Waals surface area contributed by atoms with Crippen LogP contribution in [0.1, 0.15) is 34.5 Å². The number of carbonyl (C=O) groups excluding carboxylic acids is 1. The minimum atomic E-state index is -0.170. The second kappa shape index (κ2) is 7.27. The summed E-state index contributed by atoms with van der Waals surface area (Å²) < 4.78 is 1.70. The number of nitrogens with zero attached hydrogens (tertiary/aromatic N) is 3. The molecule has 2 heterocycles. The predicted molar refractivity (Wildman–Crippen MR) is 92.9 cm³/mol. The van der Waals surface area contributed by atoms with Gasteiger partial charge in [0.1, 0.15) is 0 Å². The summed E-state index contributed by atoms with van der Waals surface area (Å²) in [6.07, 6.45) is 6.72. The molecule has 1 amide bonds. The van der Waals surface area contributed by atoms with Gasteiger partial charge in [0.15, 0.2) is 0 Å². The highest BCUT2D eigenvalue weighted by Crippen LogP contribution is 2.16. The number of pyridine rings is 1. The molecule has 0 aliphatic heterocycles. The van der Waals surface area contributed by atoms with Crippen molar-refractivity contribution in [1.29, 1.82) is 0 Å². The molecule has 0 aliphatic rings. The SMILES string of the molecule is C[C@@H](NC(=O)c1cnn(Cc2ccccc2Cl)c1)c1cccnc1.